The number of hydrogen-bond donors (Lipinski definition) is 1. The Kier molecular flexibility index (Phi) is 8.60. The highest BCUT2D eigenvalue weighted by Crippen LogP contribution is 2.13. The number of nitrogens with one attached hydrogen (secondary N) is 1. The summed E-state index contributed by atoms with van der Waals surface area (Å²) in [4.78, 5) is 14.0. The molecule has 2 aromatic carbocycles. The largest absolute Gasteiger partial charge is 0.494 e. The van der Waals surface area contributed by atoms with E-state index in [1.807, 2.05) is 30.3 Å². The molecule has 1 saturated heterocycles. The Balaban J connectivity index is 0.00000280. The van der Waals surface area contributed by atoms with Crippen molar-refractivity contribution in [3.8, 4) is 11.8 Å². The summed E-state index contributed by atoms with van der Waals surface area (Å²) < 4.78 is 11.1. The van der Waals surface area contributed by atoms with Crippen molar-refractivity contribution < 1.29 is 14.3 Å². The summed E-state index contributed by atoms with van der Waals surface area (Å²) in [7, 11) is 0. The van der Waals surface area contributed by atoms with Crippen LogP contribution in [0.1, 0.15) is 17.5 Å². The van der Waals surface area contributed by atoms with Crippen LogP contribution in [0, 0.1) is 11.3 Å². The highest BCUT2D eigenvalue weighted by Gasteiger charge is 2.24. The molecule has 0 aromatic heterocycles. The van der Waals surface area contributed by atoms with Gasteiger partial charge in [-0.2, -0.15) is 5.26 Å². The molecular formula is C21H24ClN3O3. The molecule has 0 bridgehead atoms. The molecule has 3 rings (SSSR count). The van der Waals surface area contributed by atoms with Gasteiger partial charge in [-0.1, -0.05) is 30.3 Å². The van der Waals surface area contributed by atoms with Crippen LogP contribution >= 0.6 is 12.4 Å². The molecule has 0 aliphatic carbocycles. The second-order valence-electron chi connectivity index (χ2n) is 6.41. The Morgan fingerprint density at radius 1 is 1.18 bits per heavy atom. The minimum Gasteiger partial charge on any atom is -0.494 e. The van der Waals surface area contributed by atoms with E-state index in [0.29, 0.717) is 25.3 Å². The van der Waals surface area contributed by atoms with Crippen LogP contribution in [-0.4, -0.2) is 43.3 Å². The molecule has 1 N–H and O–H groups in total. The lowest BCUT2D eigenvalue weighted by Crippen LogP contribution is -2.53. The molecule has 2 aromatic rings. The second kappa shape index (κ2) is 11.2. The monoisotopic (exact) mass is 401 g/mol. The van der Waals surface area contributed by atoms with Gasteiger partial charge in [0.1, 0.15) is 12.4 Å². The van der Waals surface area contributed by atoms with E-state index < -0.39 is 0 Å². The van der Waals surface area contributed by atoms with Crippen LogP contribution in [0.5, 0.6) is 5.75 Å². The van der Waals surface area contributed by atoms with E-state index in [4.69, 9.17) is 14.7 Å². The maximum absolute atomic E-state index is 12.3. The van der Waals surface area contributed by atoms with E-state index in [-0.39, 0.29) is 31.1 Å². The van der Waals surface area contributed by atoms with E-state index in [1.54, 1.807) is 29.2 Å². The fourth-order valence-electron chi connectivity index (χ4n) is 2.94. The van der Waals surface area contributed by atoms with Crippen molar-refractivity contribution in [2.45, 2.75) is 19.1 Å². The fourth-order valence-corrected chi connectivity index (χ4v) is 2.94. The number of amides is 1. The Bertz CT molecular complexity index is 778. The number of carbonyl (C=O) groups excluding carboxylic acids is 1. The van der Waals surface area contributed by atoms with E-state index in [9.17, 15) is 4.79 Å². The smallest absolute Gasteiger partial charge is 0.410 e. The first kappa shape index (κ1) is 21.5. The Hall–Kier alpha value is -2.75. The van der Waals surface area contributed by atoms with E-state index in [2.05, 4.69) is 11.4 Å². The molecule has 1 heterocycles. The van der Waals surface area contributed by atoms with Crippen LogP contribution in [-0.2, 0) is 11.3 Å². The van der Waals surface area contributed by atoms with Gasteiger partial charge >= 0.3 is 6.09 Å². The van der Waals surface area contributed by atoms with Gasteiger partial charge in [0.25, 0.3) is 0 Å². The molecule has 148 valence electrons. The summed E-state index contributed by atoms with van der Waals surface area (Å²) in [6.45, 7) is 2.81. The lowest BCUT2D eigenvalue weighted by atomic mass is 10.1. The van der Waals surface area contributed by atoms with Crippen molar-refractivity contribution in [2.75, 3.05) is 26.2 Å². The van der Waals surface area contributed by atoms with Crippen molar-refractivity contribution >= 4 is 18.5 Å². The molecule has 0 radical (unpaired) electrons. The van der Waals surface area contributed by atoms with Crippen molar-refractivity contribution in [1.82, 2.24) is 10.2 Å². The molecule has 28 heavy (non-hydrogen) atoms. The Labute approximate surface area is 171 Å². The van der Waals surface area contributed by atoms with Crippen LogP contribution in [0.25, 0.3) is 0 Å². The zero-order valence-corrected chi connectivity index (χ0v) is 16.4. The average Bonchev–Trinajstić information content (AvgIpc) is 2.73. The number of carbonyl (C=O) groups is 1. The number of rotatable bonds is 6. The number of halogens is 1. The molecule has 7 heteroatoms. The standard InChI is InChI=1S/C21H23N3O3.ClH/c22-14-17-6-8-20(9-7-17)26-13-10-19-15-24(12-11-23-19)21(25)27-16-18-4-2-1-3-5-18;/h1-9,19,23H,10-13,15-16H2;1H/t19-;/m1./s1. The van der Waals surface area contributed by atoms with Crippen molar-refractivity contribution in [1.29, 1.82) is 5.26 Å². The molecule has 1 amide bonds. The molecule has 0 spiro atoms. The number of nitriles is 1. The maximum Gasteiger partial charge on any atom is 0.410 e. The van der Waals surface area contributed by atoms with Gasteiger partial charge in [-0.05, 0) is 36.2 Å². The zero-order chi connectivity index (χ0) is 18.9. The Morgan fingerprint density at radius 3 is 2.64 bits per heavy atom. The first-order valence-electron chi connectivity index (χ1n) is 9.06. The van der Waals surface area contributed by atoms with Crippen LogP contribution in [0.3, 0.4) is 0 Å². The predicted octanol–water partition coefficient (Wildman–Crippen LogP) is 3.36. The molecule has 6 nitrogen and oxygen atoms in total. The second-order valence-corrected chi connectivity index (χ2v) is 6.41. The molecule has 1 aliphatic rings. The average molecular weight is 402 g/mol. The van der Waals surface area contributed by atoms with E-state index >= 15 is 0 Å². The lowest BCUT2D eigenvalue weighted by molar-refractivity contribution is 0.0827. The van der Waals surface area contributed by atoms with Gasteiger partial charge < -0.3 is 19.7 Å². The minimum absolute atomic E-state index is 0. The number of benzene rings is 2. The van der Waals surface area contributed by atoms with Crippen molar-refractivity contribution in [2.24, 2.45) is 0 Å². The van der Waals surface area contributed by atoms with Gasteiger partial charge in [-0.15, -0.1) is 12.4 Å². The topological polar surface area (TPSA) is 74.6 Å². The zero-order valence-electron chi connectivity index (χ0n) is 15.5. The fraction of sp³-hybridized carbons (Fsp3) is 0.333. The van der Waals surface area contributed by atoms with Gasteiger partial charge in [-0.25, -0.2) is 4.79 Å². The van der Waals surface area contributed by atoms with E-state index in [0.717, 1.165) is 24.3 Å². The van der Waals surface area contributed by atoms with E-state index in [1.165, 1.54) is 0 Å². The maximum atomic E-state index is 12.3. The summed E-state index contributed by atoms with van der Waals surface area (Å²) in [6.07, 6.45) is 0.501. The van der Waals surface area contributed by atoms with Gasteiger partial charge in [0.15, 0.2) is 0 Å². The number of nitrogens with zero attached hydrogens (tertiary/aromatic N) is 2. The molecular weight excluding hydrogens is 378 g/mol. The number of ether oxygens (including phenoxy) is 2. The third-order valence-electron chi connectivity index (χ3n) is 4.44. The number of piperazine rings is 1. The van der Waals surface area contributed by atoms with Gasteiger partial charge in [0.05, 0.1) is 18.2 Å². The highest BCUT2D eigenvalue weighted by molar-refractivity contribution is 5.85. The van der Waals surface area contributed by atoms with Crippen molar-refractivity contribution in [3.63, 3.8) is 0 Å². The van der Waals surface area contributed by atoms with Crippen molar-refractivity contribution in [3.05, 3.63) is 65.7 Å². The first-order valence-corrected chi connectivity index (χ1v) is 9.06. The summed E-state index contributed by atoms with van der Waals surface area (Å²) in [5, 5.41) is 12.2. The third-order valence-corrected chi connectivity index (χ3v) is 4.44. The minimum atomic E-state index is -0.279. The molecule has 1 aliphatic heterocycles. The lowest BCUT2D eigenvalue weighted by Gasteiger charge is -2.33. The first-order chi connectivity index (χ1) is 13.2. The number of hydrogen-bond acceptors (Lipinski definition) is 5. The third kappa shape index (κ3) is 6.45. The van der Waals surface area contributed by atoms with Gasteiger partial charge in [0, 0.05) is 25.7 Å². The summed E-state index contributed by atoms with van der Waals surface area (Å²) in [5.74, 6) is 0.740. The van der Waals surface area contributed by atoms with Gasteiger partial charge in [0.2, 0.25) is 0 Å². The molecule has 0 unspecified atom stereocenters. The molecule has 0 saturated carbocycles. The van der Waals surface area contributed by atoms with Crippen LogP contribution in [0.4, 0.5) is 4.79 Å². The highest BCUT2D eigenvalue weighted by atomic mass is 35.5. The van der Waals surface area contributed by atoms with Crippen LogP contribution < -0.4 is 10.1 Å². The normalized spacial score (nSPS) is 15.8. The summed E-state index contributed by atoms with van der Waals surface area (Å²) in [5.41, 5.74) is 1.59. The van der Waals surface area contributed by atoms with Gasteiger partial charge in [-0.3, -0.25) is 0 Å². The quantitative estimate of drug-likeness (QED) is 0.803. The summed E-state index contributed by atoms with van der Waals surface area (Å²) in [6, 6.07) is 19.0. The molecule has 1 fully saturated rings. The SMILES string of the molecule is Cl.N#Cc1ccc(OCC[C@@H]2CN(C(=O)OCc3ccccc3)CCN2)cc1. The van der Waals surface area contributed by atoms with Crippen LogP contribution in [0.2, 0.25) is 0 Å². The summed E-state index contributed by atoms with van der Waals surface area (Å²) >= 11 is 0. The predicted molar refractivity (Wildman–Crippen MR) is 109 cm³/mol. The Morgan fingerprint density at radius 2 is 1.93 bits per heavy atom. The van der Waals surface area contributed by atoms with Crippen LogP contribution in [0.15, 0.2) is 54.6 Å². The molecule has 1 atom stereocenters.